The maximum atomic E-state index is 5.68. The summed E-state index contributed by atoms with van der Waals surface area (Å²) in [4.78, 5) is 4.14. The predicted molar refractivity (Wildman–Crippen MR) is 69.3 cm³/mol. The molecule has 0 aliphatic rings. The number of nitrogens with two attached hydrogens (primary N) is 1. The van der Waals surface area contributed by atoms with Gasteiger partial charge in [-0.2, -0.15) is 0 Å². The SMILES string of the molecule is Cc1ccc(C)c(C(NN)c2cccnc2)c1. The Morgan fingerprint density at radius 1 is 1.24 bits per heavy atom. The summed E-state index contributed by atoms with van der Waals surface area (Å²) in [5, 5.41) is 0. The summed E-state index contributed by atoms with van der Waals surface area (Å²) in [7, 11) is 0. The molecule has 1 atom stereocenters. The van der Waals surface area contributed by atoms with Crippen molar-refractivity contribution in [2.24, 2.45) is 5.84 Å². The van der Waals surface area contributed by atoms with E-state index in [2.05, 4.69) is 42.5 Å². The first kappa shape index (κ1) is 11.8. The summed E-state index contributed by atoms with van der Waals surface area (Å²) in [5.41, 5.74) is 7.59. The molecule has 0 radical (unpaired) electrons. The second kappa shape index (κ2) is 5.08. The third kappa shape index (κ3) is 2.52. The van der Waals surface area contributed by atoms with Crippen LogP contribution in [0.3, 0.4) is 0 Å². The van der Waals surface area contributed by atoms with Crippen LogP contribution < -0.4 is 11.3 Å². The van der Waals surface area contributed by atoms with Gasteiger partial charge in [0.15, 0.2) is 0 Å². The molecule has 0 saturated heterocycles. The molecule has 1 aromatic heterocycles. The smallest absolute Gasteiger partial charge is 0.0727 e. The molecule has 0 aliphatic heterocycles. The maximum Gasteiger partial charge on any atom is 0.0727 e. The number of aryl methyl sites for hydroxylation is 2. The lowest BCUT2D eigenvalue weighted by atomic mass is 9.95. The summed E-state index contributed by atoms with van der Waals surface area (Å²) >= 11 is 0. The van der Waals surface area contributed by atoms with Gasteiger partial charge in [-0.3, -0.25) is 10.8 Å². The molecule has 3 nitrogen and oxygen atoms in total. The van der Waals surface area contributed by atoms with Gasteiger partial charge in [-0.1, -0.05) is 29.8 Å². The average molecular weight is 227 g/mol. The Morgan fingerprint density at radius 2 is 2.06 bits per heavy atom. The Morgan fingerprint density at radius 3 is 2.71 bits per heavy atom. The van der Waals surface area contributed by atoms with Crippen molar-refractivity contribution in [1.29, 1.82) is 0 Å². The standard InChI is InChI=1S/C14H17N3/c1-10-5-6-11(2)13(8-10)14(17-15)12-4-3-7-16-9-12/h3-9,14,17H,15H2,1-2H3. The van der Waals surface area contributed by atoms with E-state index in [4.69, 9.17) is 5.84 Å². The average Bonchev–Trinajstić information content (AvgIpc) is 2.36. The largest absolute Gasteiger partial charge is 0.271 e. The lowest BCUT2D eigenvalue weighted by molar-refractivity contribution is 0.631. The molecule has 1 heterocycles. The fourth-order valence-corrected chi connectivity index (χ4v) is 1.98. The molecule has 17 heavy (non-hydrogen) atoms. The van der Waals surface area contributed by atoms with Gasteiger partial charge < -0.3 is 0 Å². The second-order valence-corrected chi connectivity index (χ2v) is 4.25. The highest BCUT2D eigenvalue weighted by molar-refractivity contribution is 5.38. The molecular formula is C14H17N3. The van der Waals surface area contributed by atoms with Crippen LogP contribution in [-0.4, -0.2) is 4.98 Å². The van der Waals surface area contributed by atoms with Crippen molar-refractivity contribution < 1.29 is 0 Å². The molecule has 3 heteroatoms. The van der Waals surface area contributed by atoms with Crippen LogP contribution in [0, 0.1) is 13.8 Å². The minimum atomic E-state index is -0.0106. The van der Waals surface area contributed by atoms with Crippen LogP contribution in [0.5, 0.6) is 0 Å². The first-order valence-corrected chi connectivity index (χ1v) is 5.65. The Kier molecular flexibility index (Phi) is 3.52. The van der Waals surface area contributed by atoms with Crippen molar-refractivity contribution in [2.75, 3.05) is 0 Å². The van der Waals surface area contributed by atoms with Crippen LogP contribution in [0.25, 0.3) is 0 Å². The van der Waals surface area contributed by atoms with Crippen molar-refractivity contribution in [3.63, 3.8) is 0 Å². The van der Waals surface area contributed by atoms with Gasteiger partial charge in [0.2, 0.25) is 0 Å². The number of rotatable bonds is 3. The van der Waals surface area contributed by atoms with Crippen molar-refractivity contribution >= 4 is 0 Å². The van der Waals surface area contributed by atoms with Gasteiger partial charge in [-0.05, 0) is 36.6 Å². The highest BCUT2D eigenvalue weighted by Crippen LogP contribution is 2.24. The van der Waals surface area contributed by atoms with Crippen LogP contribution >= 0.6 is 0 Å². The predicted octanol–water partition coefficient (Wildman–Crippen LogP) is 2.25. The molecule has 1 aromatic carbocycles. The van der Waals surface area contributed by atoms with Gasteiger partial charge in [-0.25, -0.2) is 5.43 Å². The van der Waals surface area contributed by atoms with Gasteiger partial charge in [0.05, 0.1) is 6.04 Å². The summed E-state index contributed by atoms with van der Waals surface area (Å²) in [6.45, 7) is 4.18. The van der Waals surface area contributed by atoms with Crippen LogP contribution in [0.2, 0.25) is 0 Å². The van der Waals surface area contributed by atoms with Crippen molar-refractivity contribution in [3.8, 4) is 0 Å². The Bertz CT molecular complexity index is 494. The highest BCUT2D eigenvalue weighted by Gasteiger charge is 2.14. The number of hydrazine groups is 1. The lowest BCUT2D eigenvalue weighted by Gasteiger charge is -2.19. The molecule has 0 spiro atoms. The second-order valence-electron chi connectivity index (χ2n) is 4.25. The molecule has 0 bridgehead atoms. The fraction of sp³-hybridized carbons (Fsp3) is 0.214. The summed E-state index contributed by atoms with van der Waals surface area (Å²) in [6.07, 6.45) is 3.60. The van der Waals surface area contributed by atoms with Crippen LogP contribution in [0.4, 0.5) is 0 Å². The molecule has 0 aliphatic carbocycles. The van der Waals surface area contributed by atoms with Gasteiger partial charge in [0, 0.05) is 12.4 Å². The first-order chi connectivity index (χ1) is 8.22. The Hall–Kier alpha value is -1.71. The number of hydrogen-bond acceptors (Lipinski definition) is 3. The third-order valence-electron chi connectivity index (χ3n) is 2.93. The molecule has 2 rings (SSSR count). The van der Waals surface area contributed by atoms with E-state index < -0.39 is 0 Å². The zero-order valence-corrected chi connectivity index (χ0v) is 10.1. The summed E-state index contributed by atoms with van der Waals surface area (Å²) < 4.78 is 0. The van der Waals surface area contributed by atoms with Crippen LogP contribution in [0.1, 0.15) is 28.3 Å². The first-order valence-electron chi connectivity index (χ1n) is 5.65. The molecule has 3 N–H and O–H groups in total. The summed E-state index contributed by atoms with van der Waals surface area (Å²) in [6, 6.07) is 10.3. The number of benzene rings is 1. The normalized spacial score (nSPS) is 12.4. The number of nitrogens with zero attached hydrogens (tertiary/aromatic N) is 1. The minimum Gasteiger partial charge on any atom is -0.271 e. The number of pyridine rings is 1. The van der Waals surface area contributed by atoms with Crippen molar-refractivity contribution in [1.82, 2.24) is 10.4 Å². The topological polar surface area (TPSA) is 50.9 Å². The zero-order valence-electron chi connectivity index (χ0n) is 10.1. The van der Waals surface area contributed by atoms with E-state index in [1.165, 1.54) is 16.7 Å². The molecule has 2 aromatic rings. The van der Waals surface area contributed by atoms with Crippen molar-refractivity contribution in [3.05, 3.63) is 65.0 Å². The van der Waals surface area contributed by atoms with E-state index in [-0.39, 0.29) is 6.04 Å². The van der Waals surface area contributed by atoms with Crippen molar-refractivity contribution in [2.45, 2.75) is 19.9 Å². The van der Waals surface area contributed by atoms with E-state index in [0.29, 0.717) is 0 Å². The van der Waals surface area contributed by atoms with Gasteiger partial charge in [0.25, 0.3) is 0 Å². The van der Waals surface area contributed by atoms with Crippen LogP contribution in [0.15, 0.2) is 42.7 Å². The van der Waals surface area contributed by atoms with E-state index in [0.717, 1.165) is 5.56 Å². The zero-order chi connectivity index (χ0) is 12.3. The van der Waals surface area contributed by atoms with Gasteiger partial charge >= 0.3 is 0 Å². The summed E-state index contributed by atoms with van der Waals surface area (Å²) in [5.74, 6) is 5.68. The Labute approximate surface area is 102 Å². The Balaban J connectivity index is 2.46. The fourth-order valence-electron chi connectivity index (χ4n) is 1.98. The molecule has 0 fully saturated rings. The highest BCUT2D eigenvalue weighted by atomic mass is 15.2. The lowest BCUT2D eigenvalue weighted by Crippen LogP contribution is -2.29. The number of aromatic nitrogens is 1. The minimum absolute atomic E-state index is 0.0106. The van der Waals surface area contributed by atoms with E-state index >= 15 is 0 Å². The number of nitrogens with one attached hydrogen (secondary N) is 1. The van der Waals surface area contributed by atoms with Gasteiger partial charge in [0.1, 0.15) is 0 Å². The molecular weight excluding hydrogens is 210 g/mol. The molecule has 0 saturated carbocycles. The third-order valence-corrected chi connectivity index (χ3v) is 2.93. The van der Waals surface area contributed by atoms with Crippen LogP contribution in [-0.2, 0) is 0 Å². The molecule has 88 valence electrons. The quantitative estimate of drug-likeness (QED) is 0.624. The number of hydrogen-bond donors (Lipinski definition) is 2. The van der Waals surface area contributed by atoms with E-state index in [1.807, 2.05) is 18.3 Å². The molecule has 0 amide bonds. The maximum absolute atomic E-state index is 5.68. The molecule has 1 unspecified atom stereocenters. The van der Waals surface area contributed by atoms with E-state index in [9.17, 15) is 0 Å². The van der Waals surface area contributed by atoms with E-state index in [1.54, 1.807) is 6.20 Å². The monoisotopic (exact) mass is 227 g/mol. The van der Waals surface area contributed by atoms with Gasteiger partial charge in [-0.15, -0.1) is 0 Å².